The van der Waals surface area contributed by atoms with E-state index in [1.54, 1.807) is 0 Å². The number of fused-ring (bicyclic) bond motifs is 1. The average molecular weight is 427 g/mol. The molecule has 29 heavy (non-hydrogen) atoms. The minimum Gasteiger partial charge on any atom is -0.325 e. The maximum Gasteiger partial charge on any atom is 0.317 e. The van der Waals surface area contributed by atoms with Crippen LogP contribution >= 0.6 is 23.4 Å². The fourth-order valence-corrected chi connectivity index (χ4v) is 4.07. The number of carbonyl (C=O) groups excluding carboxylic acids is 1. The summed E-state index contributed by atoms with van der Waals surface area (Å²) in [6.45, 7) is 0.697. The summed E-state index contributed by atoms with van der Waals surface area (Å²) < 4.78 is 15.4. The van der Waals surface area contributed by atoms with Crippen LogP contribution in [0.1, 0.15) is 5.56 Å². The zero-order chi connectivity index (χ0) is 20.2. The third-order valence-electron chi connectivity index (χ3n) is 4.41. The Balaban J connectivity index is 1.52. The first-order valence-electron chi connectivity index (χ1n) is 9.02. The van der Waals surface area contributed by atoms with Crippen LogP contribution in [0.15, 0.2) is 78.0 Å². The molecule has 0 atom stereocenters. The van der Waals surface area contributed by atoms with Crippen molar-refractivity contribution in [2.45, 2.75) is 11.7 Å². The lowest BCUT2D eigenvalue weighted by atomic mass is 10.2. The van der Waals surface area contributed by atoms with E-state index in [0.717, 1.165) is 16.2 Å². The largest absolute Gasteiger partial charge is 0.325 e. The van der Waals surface area contributed by atoms with E-state index in [1.807, 2.05) is 36.4 Å². The third-order valence-corrected chi connectivity index (χ3v) is 5.70. The Hall–Kier alpha value is -2.83. The lowest BCUT2D eigenvalue weighted by Gasteiger charge is -2.05. The highest BCUT2D eigenvalue weighted by Crippen LogP contribution is 2.21. The van der Waals surface area contributed by atoms with Crippen LogP contribution in [0.2, 0.25) is 5.02 Å². The second-order valence-electron chi connectivity index (χ2n) is 6.48. The predicted octanol–water partition coefficient (Wildman–Crippen LogP) is 5.03. The third kappa shape index (κ3) is 4.60. The maximum atomic E-state index is 13.3. The van der Waals surface area contributed by atoms with E-state index in [4.69, 9.17) is 11.6 Å². The first-order chi connectivity index (χ1) is 14.1. The number of para-hydroxylation sites is 2. The van der Waals surface area contributed by atoms with Crippen molar-refractivity contribution < 1.29 is 13.8 Å². The van der Waals surface area contributed by atoms with Gasteiger partial charge in [0.15, 0.2) is 11.0 Å². The van der Waals surface area contributed by atoms with Gasteiger partial charge >= 0.3 is 5.16 Å². The molecule has 4 aromatic rings. The van der Waals surface area contributed by atoms with Crippen molar-refractivity contribution in [3.8, 4) is 0 Å². The van der Waals surface area contributed by atoms with Crippen molar-refractivity contribution in [1.82, 2.24) is 4.98 Å². The number of thioether (sulfide) groups is 1. The van der Waals surface area contributed by atoms with Crippen molar-refractivity contribution in [2.75, 3.05) is 11.1 Å². The summed E-state index contributed by atoms with van der Waals surface area (Å²) in [5, 5.41) is 3.62. The summed E-state index contributed by atoms with van der Waals surface area (Å²) in [5.41, 5.74) is 3.73. The summed E-state index contributed by atoms with van der Waals surface area (Å²) in [4.78, 5) is 15.8. The highest BCUT2D eigenvalue weighted by Gasteiger charge is 2.20. The Kier molecular flexibility index (Phi) is 5.83. The number of imidazole rings is 1. The minimum atomic E-state index is -0.515. The highest BCUT2D eigenvalue weighted by molar-refractivity contribution is 7.99. The predicted molar refractivity (Wildman–Crippen MR) is 115 cm³/mol. The SMILES string of the molecule is O=C(CSc1[nH]c2ccccc2[n+]1Cc1ccccc1)Nc1ccc(F)c(Cl)c1. The molecule has 0 saturated heterocycles. The second-order valence-corrected chi connectivity index (χ2v) is 7.86. The summed E-state index contributed by atoms with van der Waals surface area (Å²) in [7, 11) is 0. The lowest BCUT2D eigenvalue weighted by molar-refractivity contribution is -0.700. The fraction of sp³-hybridized carbons (Fsp3) is 0.0909. The van der Waals surface area contributed by atoms with Gasteiger partial charge in [-0.1, -0.05) is 54.1 Å². The van der Waals surface area contributed by atoms with Gasteiger partial charge in [0.05, 0.1) is 10.8 Å². The van der Waals surface area contributed by atoms with Crippen molar-refractivity contribution in [2.24, 2.45) is 0 Å². The number of hydrogen-bond donors (Lipinski definition) is 2. The summed E-state index contributed by atoms with van der Waals surface area (Å²) >= 11 is 7.19. The van der Waals surface area contributed by atoms with Gasteiger partial charge in [-0.2, -0.15) is 0 Å². The molecule has 0 bridgehead atoms. The number of carbonyl (C=O) groups is 1. The Morgan fingerprint density at radius 2 is 1.83 bits per heavy atom. The Bertz CT molecular complexity index is 1160. The van der Waals surface area contributed by atoms with Crippen molar-refractivity contribution in [3.63, 3.8) is 0 Å². The molecule has 1 aromatic heterocycles. The first-order valence-corrected chi connectivity index (χ1v) is 10.4. The Labute approximate surface area is 176 Å². The number of aromatic amines is 1. The molecule has 0 spiro atoms. The van der Waals surface area contributed by atoms with E-state index >= 15 is 0 Å². The van der Waals surface area contributed by atoms with Crippen LogP contribution in [0, 0.1) is 5.82 Å². The molecule has 7 heteroatoms. The fourth-order valence-electron chi connectivity index (χ4n) is 3.05. The smallest absolute Gasteiger partial charge is 0.317 e. The van der Waals surface area contributed by atoms with Crippen molar-refractivity contribution in [1.29, 1.82) is 0 Å². The van der Waals surface area contributed by atoms with Gasteiger partial charge < -0.3 is 5.32 Å². The first kappa shape index (κ1) is 19.5. The number of rotatable bonds is 6. The van der Waals surface area contributed by atoms with Crippen LogP contribution in [0.5, 0.6) is 0 Å². The normalized spacial score (nSPS) is 11.0. The van der Waals surface area contributed by atoms with E-state index in [-0.39, 0.29) is 16.7 Å². The number of amides is 1. The maximum absolute atomic E-state index is 13.3. The van der Waals surface area contributed by atoms with Crippen molar-refractivity contribution >= 4 is 46.0 Å². The van der Waals surface area contributed by atoms with E-state index < -0.39 is 5.82 Å². The monoisotopic (exact) mass is 426 g/mol. The van der Waals surface area contributed by atoms with Crippen LogP contribution in [0.25, 0.3) is 11.0 Å². The molecule has 0 aliphatic carbocycles. The van der Waals surface area contributed by atoms with Crippen LogP contribution in [0.4, 0.5) is 10.1 Å². The number of aromatic nitrogens is 2. The molecule has 2 N–H and O–H groups in total. The van der Waals surface area contributed by atoms with Crippen LogP contribution in [-0.2, 0) is 11.3 Å². The minimum absolute atomic E-state index is 0.0215. The van der Waals surface area contributed by atoms with Gasteiger partial charge in [0.1, 0.15) is 12.4 Å². The summed E-state index contributed by atoms with van der Waals surface area (Å²) in [6.07, 6.45) is 0. The van der Waals surface area contributed by atoms with Gasteiger partial charge in [-0.15, -0.1) is 0 Å². The molecule has 0 aliphatic heterocycles. The molecular weight excluding hydrogens is 409 g/mol. The summed E-state index contributed by atoms with van der Waals surface area (Å²) in [5.74, 6) is -0.502. The molecule has 4 nitrogen and oxygen atoms in total. The number of hydrogen-bond acceptors (Lipinski definition) is 2. The van der Waals surface area contributed by atoms with Crippen LogP contribution in [-0.4, -0.2) is 16.6 Å². The standard InChI is InChI=1S/C22H17ClFN3OS/c23-17-12-16(10-11-18(17)24)25-21(28)14-29-22-26-19-8-4-5-9-20(19)27(22)13-15-6-2-1-3-7-15/h1-12H,13-14H2,(H,25,28)/p+1. The van der Waals surface area contributed by atoms with Crippen LogP contribution in [0.3, 0.4) is 0 Å². The van der Waals surface area contributed by atoms with Gasteiger partial charge in [-0.25, -0.2) is 13.9 Å². The number of nitrogens with one attached hydrogen (secondary N) is 2. The highest BCUT2D eigenvalue weighted by atomic mass is 35.5. The van der Waals surface area contributed by atoms with E-state index in [9.17, 15) is 9.18 Å². The van der Waals surface area contributed by atoms with Gasteiger partial charge in [0.2, 0.25) is 5.91 Å². The Morgan fingerprint density at radius 3 is 2.62 bits per heavy atom. The number of H-pyrrole nitrogens is 1. The number of anilines is 1. The average Bonchev–Trinajstić information content (AvgIpc) is 3.07. The number of benzene rings is 3. The molecule has 3 aromatic carbocycles. The number of nitrogens with zero attached hydrogens (tertiary/aromatic N) is 1. The molecule has 146 valence electrons. The van der Waals surface area contributed by atoms with Gasteiger partial charge in [-0.3, -0.25) is 4.79 Å². The van der Waals surface area contributed by atoms with Gasteiger partial charge in [0, 0.05) is 5.69 Å². The number of halogens is 2. The second kappa shape index (κ2) is 8.68. The molecule has 0 radical (unpaired) electrons. The lowest BCUT2D eigenvalue weighted by Crippen LogP contribution is -2.35. The molecule has 1 amide bonds. The van der Waals surface area contributed by atoms with Crippen molar-refractivity contribution in [3.05, 3.63) is 89.2 Å². The molecule has 1 heterocycles. The Morgan fingerprint density at radius 1 is 1.07 bits per heavy atom. The topological polar surface area (TPSA) is 48.8 Å². The molecule has 4 rings (SSSR count). The van der Waals surface area contributed by atoms with Gasteiger partial charge in [0.25, 0.3) is 0 Å². The van der Waals surface area contributed by atoms with E-state index in [0.29, 0.717) is 12.2 Å². The quantitative estimate of drug-likeness (QED) is 0.335. The molecule has 0 unspecified atom stereocenters. The van der Waals surface area contributed by atoms with E-state index in [1.165, 1.54) is 35.5 Å². The molecule has 0 saturated carbocycles. The molecule has 0 fully saturated rings. The van der Waals surface area contributed by atoms with Gasteiger partial charge in [-0.05, 0) is 47.7 Å². The zero-order valence-corrected chi connectivity index (χ0v) is 16.9. The van der Waals surface area contributed by atoms with E-state index in [2.05, 4.69) is 33.1 Å². The van der Waals surface area contributed by atoms with Crippen LogP contribution < -0.4 is 9.88 Å². The molecular formula is C22H18ClFN3OS+. The zero-order valence-electron chi connectivity index (χ0n) is 15.4. The summed E-state index contributed by atoms with van der Waals surface area (Å²) in [6, 6.07) is 22.3. The molecule has 0 aliphatic rings.